The summed E-state index contributed by atoms with van der Waals surface area (Å²) in [4.78, 5) is 16.7. The zero-order valence-corrected chi connectivity index (χ0v) is 14.4. The number of Topliss-reactive ketones (excluding diaryl/α,β-unsaturated/α-hetero) is 1. The number of hydrogen-bond acceptors (Lipinski definition) is 5. The number of anilines is 1. The molecule has 3 rings (SSSR count). The molecule has 0 spiro atoms. The number of thioether (sulfide) groups is 1. The minimum absolute atomic E-state index is 0.0544. The number of aryl methyl sites for hydroxylation is 2. The number of carbonyl (C=O) groups excluding carboxylic acids is 1. The number of carbonyl (C=O) groups is 1. The van der Waals surface area contributed by atoms with Crippen molar-refractivity contribution in [2.75, 3.05) is 11.5 Å². The summed E-state index contributed by atoms with van der Waals surface area (Å²) in [6.07, 6.45) is 0. The van der Waals surface area contributed by atoms with Gasteiger partial charge in [-0.2, -0.15) is 0 Å². The molecule has 0 amide bonds. The van der Waals surface area contributed by atoms with Gasteiger partial charge in [0, 0.05) is 16.8 Å². The molecule has 0 aliphatic heterocycles. The molecule has 0 saturated heterocycles. The number of rotatable bonds is 5. The Labute approximate surface area is 145 Å². The Kier molecular flexibility index (Phi) is 4.71. The zero-order valence-electron chi connectivity index (χ0n) is 13.6. The van der Waals surface area contributed by atoms with Crippen LogP contribution >= 0.6 is 11.8 Å². The third kappa shape index (κ3) is 3.51. The van der Waals surface area contributed by atoms with Crippen LogP contribution in [0, 0.1) is 13.8 Å². The van der Waals surface area contributed by atoms with E-state index in [1.165, 1.54) is 11.8 Å². The summed E-state index contributed by atoms with van der Waals surface area (Å²) in [7, 11) is 0. The summed E-state index contributed by atoms with van der Waals surface area (Å²) in [5, 5.41) is 0.656. The van der Waals surface area contributed by atoms with Gasteiger partial charge < -0.3 is 10.2 Å². The van der Waals surface area contributed by atoms with Crippen LogP contribution in [0.25, 0.3) is 11.3 Å². The lowest BCUT2D eigenvalue weighted by molar-refractivity contribution is 0.102. The van der Waals surface area contributed by atoms with Gasteiger partial charge in [0.2, 0.25) is 0 Å². The highest BCUT2D eigenvalue weighted by Crippen LogP contribution is 2.34. The average molecular weight is 338 g/mol. The van der Waals surface area contributed by atoms with Crippen LogP contribution in [0.4, 0.5) is 5.69 Å². The molecule has 5 heteroatoms. The smallest absolute Gasteiger partial charge is 0.173 e. The third-order valence-corrected chi connectivity index (χ3v) is 4.58. The number of ketones is 1. The first kappa shape index (κ1) is 16.3. The minimum Gasteiger partial charge on any atom is -0.461 e. The number of nitrogens with two attached hydrogens (primary N) is 1. The lowest BCUT2D eigenvalue weighted by Gasteiger charge is -2.10. The molecule has 122 valence electrons. The van der Waals surface area contributed by atoms with Crippen LogP contribution in [0.5, 0.6) is 0 Å². The number of furan rings is 1. The van der Waals surface area contributed by atoms with E-state index in [1.807, 2.05) is 62.4 Å². The molecule has 0 unspecified atom stereocenters. The lowest BCUT2D eigenvalue weighted by atomic mass is 10.1. The van der Waals surface area contributed by atoms with Gasteiger partial charge in [-0.1, -0.05) is 42.1 Å². The summed E-state index contributed by atoms with van der Waals surface area (Å²) in [5.41, 5.74) is 9.15. The van der Waals surface area contributed by atoms with E-state index in [0.29, 0.717) is 27.8 Å². The van der Waals surface area contributed by atoms with Crippen LogP contribution in [0.3, 0.4) is 0 Å². The summed E-state index contributed by atoms with van der Waals surface area (Å²) >= 11 is 1.35. The fourth-order valence-corrected chi connectivity index (χ4v) is 3.30. The molecule has 24 heavy (non-hydrogen) atoms. The monoisotopic (exact) mass is 338 g/mol. The Morgan fingerprint density at radius 1 is 1.17 bits per heavy atom. The van der Waals surface area contributed by atoms with E-state index in [-0.39, 0.29) is 5.78 Å². The van der Waals surface area contributed by atoms with Crippen LogP contribution < -0.4 is 5.73 Å². The van der Waals surface area contributed by atoms with Crippen molar-refractivity contribution in [2.45, 2.75) is 18.9 Å². The van der Waals surface area contributed by atoms with Gasteiger partial charge >= 0.3 is 0 Å². The number of nitrogen functional groups attached to an aromatic ring is 1. The number of benzene rings is 1. The number of hydrogen-bond donors (Lipinski definition) is 1. The van der Waals surface area contributed by atoms with Gasteiger partial charge in [-0.25, -0.2) is 4.98 Å². The molecule has 0 saturated carbocycles. The highest BCUT2D eigenvalue weighted by atomic mass is 32.2. The summed E-state index contributed by atoms with van der Waals surface area (Å²) in [5.74, 6) is 1.89. The molecule has 0 fully saturated rings. The van der Waals surface area contributed by atoms with Crippen molar-refractivity contribution >= 4 is 23.2 Å². The molecule has 2 N–H and O–H groups in total. The SMILES string of the molecule is Cc1cc(-c2ccc(C)o2)c(N)c(SCC(=O)c2ccccc2)n1. The first-order valence-electron chi connectivity index (χ1n) is 7.59. The first-order valence-corrected chi connectivity index (χ1v) is 8.58. The van der Waals surface area contributed by atoms with E-state index in [4.69, 9.17) is 10.2 Å². The molecule has 0 bridgehead atoms. The molecule has 2 heterocycles. The van der Waals surface area contributed by atoms with Gasteiger partial charge in [0.25, 0.3) is 0 Å². The topological polar surface area (TPSA) is 69.1 Å². The normalized spacial score (nSPS) is 10.8. The van der Waals surface area contributed by atoms with Crippen LogP contribution in [-0.4, -0.2) is 16.5 Å². The Balaban J connectivity index is 1.84. The first-order chi connectivity index (χ1) is 11.5. The third-order valence-electron chi connectivity index (χ3n) is 3.59. The lowest BCUT2D eigenvalue weighted by Crippen LogP contribution is -2.04. The second kappa shape index (κ2) is 6.93. The molecule has 0 aliphatic rings. The average Bonchev–Trinajstić information content (AvgIpc) is 3.02. The van der Waals surface area contributed by atoms with Crippen molar-refractivity contribution in [3.63, 3.8) is 0 Å². The maximum absolute atomic E-state index is 12.3. The molecular formula is C19H18N2O2S. The second-order valence-corrected chi connectivity index (χ2v) is 6.48. The fourth-order valence-electron chi connectivity index (χ4n) is 2.39. The number of pyridine rings is 1. The molecule has 0 aliphatic carbocycles. The van der Waals surface area contributed by atoms with E-state index in [2.05, 4.69) is 4.98 Å². The highest BCUT2D eigenvalue weighted by Gasteiger charge is 2.15. The highest BCUT2D eigenvalue weighted by molar-refractivity contribution is 8.00. The largest absolute Gasteiger partial charge is 0.461 e. The van der Waals surface area contributed by atoms with E-state index in [1.54, 1.807) is 0 Å². The molecule has 0 radical (unpaired) electrons. The Bertz CT molecular complexity index is 872. The maximum Gasteiger partial charge on any atom is 0.173 e. The molecule has 0 atom stereocenters. The number of aromatic nitrogens is 1. The van der Waals surface area contributed by atoms with E-state index < -0.39 is 0 Å². The van der Waals surface area contributed by atoms with Crippen molar-refractivity contribution in [1.29, 1.82) is 0 Å². The summed E-state index contributed by atoms with van der Waals surface area (Å²) < 4.78 is 5.67. The van der Waals surface area contributed by atoms with Crippen molar-refractivity contribution in [2.24, 2.45) is 0 Å². The Hall–Kier alpha value is -2.53. The predicted molar refractivity (Wildman–Crippen MR) is 97.3 cm³/mol. The molecular weight excluding hydrogens is 320 g/mol. The van der Waals surface area contributed by atoms with Crippen LogP contribution in [-0.2, 0) is 0 Å². The van der Waals surface area contributed by atoms with Crippen molar-refractivity contribution in [1.82, 2.24) is 4.98 Å². The van der Waals surface area contributed by atoms with Gasteiger partial charge in [0.15, 0.2) is 5.78 Å². The maximum atomic E-state index is 12.3. The van der Waals surface area contributed by atoms with Crippen molar-refractivity contribution in [3.05, 3.63) is 65.5 Å². The quantitative estimate of drug-likeness (QED) is 0.547. The standard InChI is InChI=1S/C19H18N2O2S/c1-12-10-15(17-9-8-13(2)23-17)18(20)19(21-12)24-11-16(22)14-6-4-3-5-7-14/h3-10H,11,20H2,1-2H3. The minimum atomic E-state index is 0.0544. The predicted octanol–water partition coefficient (Wildman–Crippen LogP) is 4.52. The van der Waals surface area contributed by atoms with Gasteiger partial charge in [-0.05, 0) is 32.0 Å². The van der Waals surface area contributed by atoms with Gasteiger partial charge in [0.05, 0.1) is 11.4 Å². The number of nitrogens with zero attached hydrogens (tertiary/aromatic N) is 1. The van der Waals surface area contributed by atoms with E-state index in [9.17, 15) is 4.79 Å². The molecule has 2 aromatic heterocycles. The summed E-state index contributed by atoms with van der Waals surface area (Å²) in [6.45, 7) is 3.80. The Morgan fingerprint density at radius 3 is 2.58 bits per heavy atom. The van der Waals surface area contributed by atoms with E-state index >= 15 is 0 Å². The van der Waals surface area contributed by atoms with Crippen molar-refractivity contribution < 1.29 is 9.21 Å². The molecule has 1 aromatic carbocycles. The van der Waals surface area contributed by atoms with Gasteiger partial charge in [0.1, 0.15) is 16.5 Å². The van der Waals surface area contributed by atoms with Gasteiger partial charge in [-0.3, -0.25) is 4.79 Å². The second-order valence-electron chi connectivity index (χ2n) is 5.52. The van der Waals surface area contributed by atoms with Crippen LogP contribution in [0.1, 0.15) is 21.8 Å². The zero-order chi connectivity index (χ0) is 17.1. The molecule has 4 nitrogen and oxygen atoms in total. The van der Waals surface area contributed by atoms with Gasteiger partial charge in [-0.15, -0.1) is 0 Å². The summed E-state index contributed by atoms with van der Waals surface area (Å²) in [6, 6.07) is 14.9. The van der Waals surface area contributed by atoms with E-state index in [0.717, 1.165) is 17.0 Å². The van der Waals surface area contributed by atoms with Crippen LogP contribution in [0.2, 0.25) is 0 Å². The fraction of sp³-hybridized carbons (Fsp3) is 0.158. The van der Waals surface area contributed by atoms with Crippen LogP contribution in [0.15, 0.2) is 58.0 Å². The van der Waals surface area contributed by atoms with Crippen molar-refractivity contribution in [3.8, 4) is 11.3 Å². The Morgan fingerprint density at radius 2 is 1.92 bits per heavy atom. The molecule has 3 aromatic rings.